The van der Waals surface area contributed by atoms with Gasteiger partial charge in [-0.25, -0.2) is 0 Å². The van der Waals surface area contributed by atoms with Crippen molar-refractivity contribution >= 4 is 55.2 Å². The zero-order chi connectivity index (χ0) is 33.9. The van der Waals surface area contributed by atoms with Gasteiger partial charge in [-0.15, -0.1) is 0 Å². The van der Waals surface area contributed by atoms with Crippen LogP contribution in [0, 0.1) is 0 Å². The fourth-order valence-electron chi connectivity index (χ4n) is 8.02. The van der Waals surface area contributed by atoms with Gasteiger partial charge in [0.2, 0.25) is 0 Å². The molecule has 1 aliphatic rings. The molecule has 0 unspecified atom stereocenters. The molecule has 51 heavy (non-hydrogen) atoms. The van der Waals surface area contributed by atoms with Gasteiger partial charge in [0.1, 0.15) is 0 Å². The first-order chi connectivity index (χ1) is 25.2. The van der Waals surface area contributed by atoms with E-state index in [-0.39, 0.29) is 5.78 Å². The molecule has 0 N–H and O–H groups in total. The van der Waals surface area contributed by atoms with E-state index in [9.17, 15) is 4.79 Å². The van der Waals surface area contributed by atoms with Crippen molar-refractivity contribution in [3.8, 4) is 33.4 Å². The number of hydrogen-bond acceptors (Lipinski definition) is 2. The van der Waals surface area contributed by atoms with Crippen molar-refractivity contribution in [2.45, 2.75) is 0 Å². The van der Waals surface area contributed by atoms with E-state index in [1.54, 1.807) is 0 Å². The smallest absolute Gasteiger partial charge is 0.196 e. The molecule has 0 amide bonds. The molecule has 238 valence electrons. The monoisotopic (exact) mass is 649 g/mol. The molecule has 0 bridgehead atoms. The molecule has 2 heteroatoms. The van der Waals surface area contributed by atoms with Gasteiger partial charge >= 0.3 is 0 Å². The molecule has 2 nitrogen and oxygen atoms in total. The number of benzene rings is 9. The fourth-order valence-corrected chi connectivity index (χ4v) is 8.02. The zero-order valence-corrected chi connectivity index (χ0v) is 27.8. The number of nitrogens with zero attached hydrogens (tertiary/aromatic N) is 1. The standard InChI is InChI=1S/C49H31NO/c51-49-46-16-6-5-15-43(46)45-20-9-21-47(48(45)49)50(36-27-22-34(23-28-36)39-17-7-12-32-10-1-3-13-38(32)39)37-29-24-35(25-30-37)41-18-8-19-42-40-14-4-2-11-33(40)26-31-44(41)42/h1-31H. The van der Waals surface area contributed by atoms with E-state index < -0.39 is 0 Å². The summed E-state index contributed by atoms with van der Waals surface area (Å²) in [5.41, 5.74) is 11.0. The lowest BCUT2D eigenvalue weighted by Crippen LogP contribution is -2.13. The lowest BCUT2D eigenvalue weighted by molar-refractivity contribution is 0.104. The molecular weight excluding hydrogens is 619 g/mol. The van der Waals surface area contributed by atoms with E-state index in [4.69, 9.17) is 0 Å². The quantitative estimate of drug-likeness (QED) is 0.173. The van der Waals surface area contributed by atoms with E-state index in [2.05, 4.69) is 169 Å². The van der Waals surface area contributed by atoms with Gasteiger partial charge < -0.3 is 4.90 Å². The number of fused-ring (bicyclic) bond motifs is 7. The van der Waals surface area contributed by atoms with Crippen molar-refractivity contribution in [2.75, 3.05) is 4.90 Å². The summed E-state index contributed by atoms with van der Waals surface area (Å²) in [4.78, 5) is 16.3. The molecule has 1 aliphatic carbocycles. The summed E-state index contributed by atoms with van der Waals surface area (Å²) in [6, 6.07) is 66.2. The first-order valence-corrected chi connectivity index (χ1v) is 17.4. The molecule has 0 radical (unpaired) electrons. The molecule has 0 saturated heterocycles. The second kappa shape index (κ2) is 11.7. The van der Waals surface area contributed by atoms with Gasteiger partial charge in [-0.3, -0.25) is 4.79 Å². The van der Waals surface area contributed by atoms with Crippen LogP contribution in [0.2, 0.25) is 0 Å². The van der Waals surface area contributed by atoms with Crippen molar-refractivity contribution in [2.24, 2.45) is 0 Å². The van der Waals surface area contributed by atoms with Crippen molar-refractivity contribution in [3.05, 3.63) is 199 Å². The minimum absolute atomic E-state index is 0.0631. The average molecular weight is 650 g/mol. The predicted octanol–water partition coefficient (Wildman–Crippen LogP) is 13.2. The van der Waals surface area contributed by atoms with E-state index in [0.29, 0.717) is 0 Å². The Morgan fingerprint density at radius 3 is 1.53 bits per heavy atom. The first kappa shape index (κ1) is 29.2. The van der Waals surface area contributed by atoms with Crippen molar-refractivity contribution < 1.29 is 4.79 Å². The molecule has 0 saturated carbocycles. The Bertz CT molecular complexity index is 2810. The average Bonchev–Trinajstić information content (AvgIpc) is 3.50. The van der Waals surface area contributed by atoms with E-state index in [0.717, 1.165) is 50.4 Å². The van der Waals surface area contributed by atoms with Crippen LogP contribution < -0.4 is 4.90 Å². The number of anilines is 3. The maximum Gasteiger partial charge on any atom is 0.196 e. The summed E-state index contributed by atoms with van der Waals surface area (Å²) in [5, 5.41) is 7.43. The summed E-state index contributed by atoms with van der Waals surface area (Å²) in [6.45, 7) is 0. The molecule has 0 atom stereocenters. The van der Waals surface area contributed by atoms with Gasteiger partial charge in [0.15, 0.2) is 5.78 Å². The summed E-state index contributed by atoms with van der Waals surface area (Å²) in [6.07, 6.45) is 0. The summed E-state index contributed by atoms with van der Waals surface area (Å²) in [7, 11) is 0. The third kappa shape index (κ3) is 4.69. The highest BCUT2D eigenvalue weighted by Gasteiger charge is 2.31. The zero-order valence-electron chi connectivity index (χ0n) is 27.8. The van der Waals surface area contributed by atoms with Gasteiger partial charge in [0.25, 0.3) is 0 Å². The number of carbonyl (C=O) groups is 1. The Morgan fingerprint density at radius 1 is 0.314 bits per heavy atom. The number of rotatable bonds is 5. The number of carbonyl (C=O) groups excluding carboxylic acids is 1. The minimum atomic E-state index is 0.0631. The van der Waals surface area contributed by atoms with Crippen LogP contribution in [0.5, 0.6) is 0 Å². The first-order valence-electron chi connectivity index (χ1n) is 17.4. The second-order valence-corrected chi connectivity index (χ2v) is 13.2. The largest absolute Gasteiger partial charge is 0.310 e. The number of hydrogen-bond donors (Lipinski definition) is 0. The van der Waals surface area contributed by atoms with Crippen LogP contribution in [-0.4, -0.2) is 5.78 Å². The van der Waals surface area contributed by atoms with Gasteiger partial charge in [0.05, 0.1) is 11.3 Å². The van der Waals surface area contributed by atoms with Crippen LogP contribution in [0.3, 0.4) is 0 Å². The Morgan fingerprint density at radius 2 is 0.804 bits per heavy atom. The summed E-state index contributed by atoms with van der Waals surface area (Å²) < 4.78 is 0. The summed E-state index contributed by atoms with van der Waals surface area (Å²) >= 11 is 0. The van der Waals surface area contributed by atoms with Gasteiger partial charge in [-0.2, -0.15) is 0 Å². The maximum absolute atomic E-state index is 14.1. The van der Waals surface area contributed by atoms with Crippen molar-refractivity contribution in [1.82, 2.24) is 0 Å². The Balaban J connectivity index is 1.11. The maximum atomic E-state index is 14.1. The van der Waals surface area contributed by atoms with Crippen LogP contribution in [0.15, 0.2) is 188 Å². The molecule has 9 aromatic carbocycles. The molecule has 0 aliphatic heterocycles. The highest BCUT2D eigenvalue weighted by Crippen LogP contribution is 2.46. The van der Waals surface area contributed by atoms with Gasteiger partial charge in [-0.05, 0) is 96.0 Å². The van der Waals surface area contributed by atoms with Crippen LogP contribution >= 0.6 is 0 Å². The van der Waals surface area contributed by atoms with Crippen LogP contribution in [-0.2, 0) is 0 Å². The van der Waals surface area contributed by atoms with E-state index in [1.807, 2.05) is 24.3 Å². The lowest BCUT2D eigenvalue weighted by Gasteiger charge is -2.28. The third-order valence-electron chi connectivity index (χ3n) is 10.4. The second-order valence-electron chi connectivity index (χ2n) is 13.2. The predicted molar refractivity (Wildman–Crippen MR) is 213 cm³/mol. The van der Waals surface area contributed by atoms with Crippen LogP contribution in [0.4, 0.5) is 17.1 Å². The van der Waals surface area contributed by atoms with Crippen LogP contribution in [0.25, 0.3) is 65.7 Å². The normalized spacial score (nSPS) is 12.0. The molecule has 0 fully saturated rings. The molecule has 0 aromatic heterocycles. The third-order valence-corrected chi connectivity index (χ3v) is 10.4. The fraction of sp³-hybridized carbons (Fsp3) is 0. The van der Waals surface area contributed by atoms with Crippen LogP contribution in [0.1, 0.15) is 15.9 Å². The highest BCUT2D eigenvalue weighted by atomic mass is 16.1. The molecule has 9 aromatic rings. The minimum Gasteiger partial charge on any atom is -0.310 e. The molecule has 0 heterocycles. The molecule has 10 rings (SSSR count). The van der Waals surface area contributed by atoms with E-state index >= 15 is 0 Å². The Kier molecular flexibility index (Phi) is 6.68. The summed E-state index contributed by atoms with van der Waals surface area (Å²) in [5.74, 6) is 0.0631. The number of ketones is 1. The lowest BCUT2D eigenvalue weighted by atomic mass is 9.94. The molecule has 0 spiro atoms. The Labute approximate surface area is 296 Å². The highest BCUT2D eigenvalue weighted by molar-refractivity contribution is 6.25. The molecular formula is C49H31NO. The van der Waals surface area contributed by atoms with Crippen molar-refractivity contribution in [3.63, 3.8) is 0 Å². The SMILES string of the molecule is O=C1c2ccccc2-c2cccc(N(c3ccc(-c4cccc5ccccc45)cc3)c3ccc(-c4cccc5c4ccc4ccccc45)cc3)c21. The van der Waals surface area contributed by atoms with Crippen molar-refractivity contribution in [1.29, 1.82) is 0 Å². The van der Waals surface area contributed by atoms with Gasteiger partial charge in [-0.1, -0.05) is 158 Å². The van der Waals surface area contributed by atoms with Gasteiger partial charge in [0, 0.05) is 16.9 Å². The van der Waals surface area contributed by atoms with E-state index in [1.165, 1.54) is 43.4 Å². The Hall–Kier alpha value is -6.77. The topological polar surface area (TPSA) is 20.3 Å².